The first-order valence-electron chi connectivity index (χ1n) is 8.34. The van der Waals surface area contributed by atoms with Gasteiger partial charge in [-0.05, 0) is 29.1 Å². The molecule has 2 aromatic carbocycles. The van der Waals surface area contributed by atoms with Gasteiger partial charge >= 0.3 is 5.97 Å². The summed E-state index contributed by atoms with van der Waals surface area (Å²) in [5, 5.41) is 15.4. The van der Waals surface area contributed by atoms with Gasteiger partial charge in [0.05, 0.1) is 16.5 Å². The zero-order chi connectivity index (χ0) is 19.9. The minimum absolute atomic E-state index is 0.129. The number of carbonyl (C=O) groups excluding carboxylic acids is 2. The van der Waals surface area contributed by atoms with Gasteiger partial charge in [-0.2, -0.15) is 0 Å². The zero-order valence-electron chi connectivity index (χ0n) is 14.6. The van der Waals surface area contributed by atoms with Crippen LogP contribution < -0.4 is 5.32 Å². The molecule has 1 aromatic heterocycles. The van der Waals surface area contributed by atoms with Crippen LogP contribution in [-0.2, 0) is 9.53 Å². The Hall–Kier alpha value is -3.52. The number of non-ortho nitro benzene ring substituents is 1. The molecule has 0 bridgehead atoms. The molecule has 0 radical (unpaired) electrons. The summed E-state index contributed by atoms with van der Waals surface area (Å²) in [6.45, 7) is -0.454. The maximum absolute atomic E-state index is 12.3. The standard InChI is InChI=1S/C20H16N2O5S/c23-18(13-27-20(24)15-8-10-16(11-9-15)22(25)26)21-19(17-7-4-12-28-17)14-5-2-1-3-6-14/h1-12,19H,13H2,(H,21,23)/t19-/m1/s1. The van der Waals surface area contributed by atoms with Gasteiger partial charge in [0.25, 0.3) is 11.6 Å². The van der Waals surface area contributed by atoms with Crippen molar-refractivity contribution in [1.29, 1.82) is 0 Å². The van der Waals surface area contributed by atoms with Crippen LogP contribution >= 0.6 is 11.3 Å². The smallest absolute Gasteiger partial charge is 0.338 e. The molecule has 142 valence electrons. The molecule has 0 saturated heterocycles. The van der Waals surface area contributed by atoms with E-state index in [1.54, 1.807) is 0 Å². The van der Waals surface area contributed by atoms with Crippen molar-refractivity contribution in [3.8, 4) is 0 Å². The largest absolute Gasteiger partial charge is 0.452 e. The summed E-state index contributed by atoms with van der Waals surface area (Å²) in [6, 6.07) is 18.0. The van der Waals surface area contributed by atoms with Gasteiger partial charge in [0.2, 0.25) is 0 Å². The van der Waals surface area contributed by atoms with Gasteiger partial charge in [-0.3, -0.25) is 14.9 Å². The molecule has 1 atom stereocenters. The average Bonchev–Trinajstić information content (AvgIpc) is 3.25. The van der Waals surface area contributed by atoms with Crippen LogP contribution in [0.2, 0.25) is 0 Å². The number of nitrogens with one attached hydrogen (secondary N) is 1. The fraction of sp³-hybridized carbons (Fsp3) is 0.100. The predicted molar refractivity (Wildman–Crippen MR) is 104 cm³/mol. The second-order valence-electron chi connectivity index (χ2n) is 5.81. The molecule has 1 heterocycles. The summed E-state index contributed by atoms with van der Waals surface area (Å²) in [5.74, 6) is -1.17. The van der Waals surface area contributed by atoms with Crippen LogP contribution in [0.3, 0.4) is 0 Å². The Balaban J connectivity index is 1.62. The van der Waals surface area contributed by atoms with Gasteiger partial charge in [-0.25, -0.2) is 4.79 Å². The lowest BCUT2D eigenvalue weighted by Gasteiger charge is -2.18. The number of rotatable bonds is 7. The van der Waals surface area contributed by atoms with Gasteiger partial charge in [0.1, 0.15) is 0 Å². The van der Waals surface area contributed by atoms with Crippen LogP contribution in [0.4, 0.5) is 5.69 Å². The van der Waals surface area contributed by atoms with Crippen molar-refractivity contribution in [2.75, 3.05) is 6.61 Å². The van der Waals surface area contributed by atoms with Crippen molar-refractivity contribution in [3.63, 3.8) is 0 Å². The zero-order valence-corrected chi connectivity index (χ0v) is 15.4. The van der Waals surface area contributed by atoms with Crippen LogP contribution in [0.15, 0.2) is 72.1 Å². The third kappa shape index (κ3) is 4.80. The van der Waals surface area contributed by atoms with Gasteiger partial charge in [0.15, 0.2) is 6.61 Å². The number of nitro benzene ring substituents is 1. The molecule has 0 aliphatic rings. The second-order valence-corrected chi connectivity index (χ2v) is 6.79. The van der Waals surface area contributed by atoms with E-state index in [0.717, 1.165) is 10.4 Å². The molecule has 0 fully saturated rings. The maximum Gasteiger partial charge on any atom is 0.338 e. The molecule has 28 heavy (non-hydrogen) atoms. The number of benzene rings is 2. The van der Waals surface area contributed by atoms with Crippen LogP contribution in [0, 0.1) is 10.1 Å². The molecule has 1 N–H and O–H groups in total. The number of hydrogen-bond acceptors (Lipinski definition) is 6. The number of esters is 1. The highest BCUT2D eigenvalue weighted by atomic mass is 32.1. The first-order chi connectivity index (χ1) is 13.5. The molecule has 1 amide bonds. The summed E-state index contributed by atoms with van der Waals surface area (Å²) < 4.78 is 5.03. The Bertz CT molecular complexity index is 956. The molecule has 0 unspecified atom stereocenters. The van der Waals surface area contributed by atoms with Crippen LogP contribution in [-0.4, -0.2) is 23.4 Å². The molecule has 0 spiro atoms. The highest BCUT2D eigenvalue weighted by molar-refractivity contribution is 7.10. The Morgan fingerprint density at radius 2 is 1.75 bits per heavy atom. The van der Waals surface area contributed by atoms with E-state index in [2.05, 4.69) is 5.32 Å². The topological polar surface area (TPSA) is 98.5 Å². The molecule has 7 nitrogen and oxygen atoms in total. The highest BCUT2D eigenvalue weighted by Crippen LogP contribution is 2.25. The molecule has 8 heteroatoms. The van der Waals surface area contributed by atoms with Crippen molar-refractivity contribution < 1.29 is 19.2 Å². The summed E-state index contributed by atoms with van der Waals surface area (Å²) in [6.07, 6.45) is 0. The first kappa shape index (κ1) is 19.2. The average molecular weight is 396 g/mol. The highest BCUT2D eigenvalue weighted by Gasteiger charge is 2.19. The van der Waals surface area contributed by atoms with E-state index in [1.807, 2.05) is 47.8 Å². The minimum atomic E-state index is -0.725. The SMILES string of the molecule is O=C(COC(=O)c1ccc([N+](=O)[O-])cc1)N[C@H](c1ccccc1)c1cccs1. The lowest BCUT2D eigenvalue weighted by atomic mass is 10.1. The Kier molecular flexibility index (Phi) is 6.13. The van der Waals surface area contributed by atoms with Crippen LogP contribution in [0.1, 0.15) is 26.8 Å². The monoisotopic (exact) mass is 396 g/mol. The van der Waals surface area contributed by atoms with Gasteiger partial charge in [-0.15, -0.1) is 11.3 Å². The number of ether oxygens (including phenoxy) is 1. The molecular formula is C20H16N2O5S. The summed E-state index contributed by atoms with van der Waals surface area (Å²) >= 11 is 1.52. The van der Waals surface area contributed by atoms with Crippen molar-refractivity contribution in [3.05, 3.63) is 98.2 Å². The summed E-state index contributed by atoms with van der Waals surface area (Å²) in [5.41, 5.74) is 0.923. The quantitative estimate of drug-likeness (QED) is 0.373. The molecular weight excluding hydrogens is 380 g/mol. The Morgan fingerprint density at radius 1 is 1.04 bits per heavy atom. The summed E-state index contributed by atoms with van der Waals surface area (Å²) in [7, 11) is 0. The van der Waals surface area contributed by atoms with E-state index in [0.29, 0.717) is 0 Å². The molecule has 0 aliphatic carbocycles. The number of amides is 1. The minimum Gasteiger partial charge on any atom is -0.452 e. The number of nitro groups is 1. The number of nitrogens with zero attached hydrogens (tertiary/aromatic N) is 1. The third-order valence-corrected chi connectivity index (χ3v) is 4.85. The first-order valence-corrected chi connectivity index (χ1v) is 9.22. The van der Waals surface area contributed by atoms with Crippen molar-refractivity contribution in [2.24, 2.45) is 0 Å². The lowest BCUT2D eigenvalue weighted by Crippen LogP contribution is -2.32. The van der Waals surface area contributed by atoms with Gasteiger partial charge in [0, 0.05) is 17.0 Å². The fourth-order valence-electron chi connectivity index (χ4n) is 2.56. The van der Waals surface area contributed by atoms with E-state index in [9.17, 15) is 19.7 Å². The van der Waals surface area contributed by atoms with Crippen molar-refractivity contribution in [1.82, 2.24) is 5.32 Å². The van der Waals surface area contributed by atoms with Crippen LogP contribution in [0.25, 0.3) is 0 Å². The van der Waals surface area contributed by atoms with E-state index in [1.165, 1.54) is 35.6 Å². The second kappa shape index (κ2) is 8.92. The number of hydrogen-bond donors (Lipinski definition) is 1. The maximum atomic E-state index is 12.3. The van der Waals surface area contributed by atoms with Crippen molar-refractivity contribution in [2.45, 2.75) is 6.04 Å². The van der Waals surface area contributed by atoms with E-state index in [4.69, 9.17) is 4.74 Å². The van der Waals surface area contributed by atoms with E-state index >= 15 is 0 Å². The molecule has 3 rings (SSSR count). The summed E-state index contributed by atoms with van der Waals surface area (Å²) in [4.78, 5) is 35.4. The third-order valence-electron chi connectivity index (χ3n) is 3.91. The van der Waals surface area contributed by atoms with E-state index in [-0.39, 0.29) is 17.3 Å². The number of thiophene rings is 1. The molecule has 3 aromatic rings. The van der Waals surface area contributed by atoms with Gasteiger partial charge < -0.3 is 10.1 Å². The van der Waals surface area contributed by atoms with Gasteiger partial charge in [-0.1, -0.05) is 36.4 Å². The lowest BCUT2D eigenvalue weighted by molar-refractivity contribution is -0.384. The predicted octanol–water partition coefficient (Wildman–Crippen LogP) is 3.72. The van der Waals surface area contributed by atoms with Crippen LogP contribution in [0.5, 0.6) is 0 Å². The fourth-order valence-corrected chi connectivity index (χ4v) is 3.36. The Labute approximate surface area is 164 Å². The normalized spacial score (nSPS) is 11.4. The van der Waals surface area contributed by atoms with Crippen molar-refractivity contribution >= 4 is 28.9 Å². The molecule has 0 aliphatic heterocycles. The number of carbonyl (C=O) groups is 2. The Morgan fingerprint density at radius 3 is 2.36 bits per heavy atom. The molecule has 0 saturated carbocycles. The van der Waals surface area contributed by atoms with E-state index < -0.39 is 23.4 Å².